The second-order valence-corrected chi connectivity index (χ2v) is 6.14. The Hall–Kier alpha value is -2.18. The molecule has 2 aromatic carbocycles. The molecule has 0 atom stereocenters. The van der Waals surface area contributed by atoms with Crippen molar-refractivity contribution in [3.05, 3.63) is 60.7 Å². The van der Waals surface area contributed by atoms with E-state index in [4.69, 9.17) is 0 Å². The quantitative estimate of drug-likeness (QED) is 0.771. The highest BCUT2D eigenvalue weighted by Crippen LogP contribution is 2.18. The molecule has 102 valence electrons. The van der Waals surface area contributed by atoms with E-state index in [0.29, 0.717) is 5.82 Å². The van der Waals surface area contributed by atoms with Crippen molar-refractivity contribution in [2.24, 2.45) is 0 Å². The standard InChI is InChI=1S/C14H13N3O2S/c18-20(19,17-10-14-15-7-8-16-14)13-6-5-11-3-1-2-4-12(11)9-13/h1-9,17H,10H2,(H,15,16). The molecule has 0 saturated heterocycles. The van der Waals surface area contributed by atoms with Crippen LogP contribution in [0.15, 0.2) is 59.8 Å². The predicted molar refractivity (Wildman–Crippen MR) is 76.6 cm³/mol. The maximum absolute atomic E-state index is 12.2. The Labute approximate surface area is 116 Å². The van der Waals surface area contributed by atoms with Crippen LogP contribution in [0.25, 0.3) is 10.8 Å². The van der Waals surface area contributed by atoms with Crippen LogP contribution in [0.4, 0.5) is 0 Å². The number of imidazole rings is 1. The number of aromatic nitrogens is 2. The molecule has 0 aliphatic heterocycles. The third kappa shape index (κ3) is 2.56. The van der Waals surface area contributed by atoms with Gasteiger partial charge in [-0.15, -0.1) is 0 Å². The van der Waals surface area contributed by atoms with E-state index in [0.717, 1.165) is 10.8 Å². The van der Waals surface area contributed by atoms with Gasteiger partial charge in [0.05, 0.1) is 11.4 Å². The van der Waals surface area contributed by atoms with Crippen LogP contribution < -0.4 is 4.72 Å². The molecule has 0 bridgehead atoms. The van der Waals surface area contributed by atoms with Crippen molar-refractivity contribution >= 4 is 20.8 Å². The molecule has 5 nitrogen and oxygen atoms in total. The van der Waals surface area contributed by atoms with Gasteiger partial charge in [-0.25, -0.2) is 18.1 Å². The van der Waals surface area contributed by atoms with Gasteiger partial charge in [0.15, 0.2) is 0 Å². The van der Waals surface area contributed by atoms with Crippen molar-refractivity contribution in [3.63, 3.8) is 0 Å². The summed E-state index contributed by atoms with van der Waals surface area (Å²) in [7, 11) is -3.54. The van der Waals surface area contributed by atoms with Gasteiger partial charge in [0.1, 0.15) is 5.82 Å². The molecule has 0 fully saturated rings. The first kappa shape index (κ1) is 12.8. The predicted octanol–water partition coefficient (Wildman–Crippen LogP) is 2.04. The number of nitrogens with zero attached hydrogens (tertiary/aromatic N) is 1. The van der Waals surface area contributed by atoms with E-state index < -0.39 is 10.0 Å². The summed E-state index contributed by atoms with van der Waals surface area (Å²) in [5.74, 6) is 0.578. The molecule has 0 amide bonds. The highest BCUT2D eigenvalue weighted by molar-refractivity contribution is 7.89. The minimum Gasteiger partial charge on any atom is -0.347 e. The van der Waals surface area contributed by atoms with Gasteiger partial charge in [-0.2, -0.15) is 0 Å². The molecule has 0 spiro atoms. The molecule has 1 heterocycles. The fourth-order valence-electron chi connectivity index (χ4n) is 1.98. The molecule has 0 aliphatic rings. The molecular formula is C14H13N3O2S. The van der Waals surface area contributed by atoms with E-state index in [9.17, 15) is 8.42 Å². The first-order valence-corrected chi connectivity index (χ1v) is 7.60. The number of hydrogen-bond acceptors (Lipinski definition) is 3. The zero-order valence-corrected chi connectivity index (χ0v) is 11.4. The summed E-state index contributed by atoms with van der Waals surface area (Å²) < 4.78 is 27.0. The maximum Gasteiger partial charge on any atom is 0.240 e. The molecule has 6 heteroatoms. The molecule has 20 heavy (non-hydrogen) atoms. The van der Waals surface area contributed by atoms with Crippen LogP contribution in [0.1, 0.15) is 5.82 Å². The Morgan fingerprint density at radius 2 is 1.90 bits per heavy atom. The maximum atomic E-state index is 12.2. The Kier molecular flexibility index (Phi) is 3.25. The highest BCUT2D eigenvalue weighted by atomic mass is 32.2. The van der Waals surface area contributed by atoms with Crippen molar-refractivity contribution in [2.75, 3.05) is 0 Å². The van der Waals surface area contributed by atoms with E-state index in [1.807, 2.05) is 24.3 Å². The first-order chi connectivity index (χ1) is 9.65. The van der Waals surface area contributed by atoms with Crippen molar-refractivity contribution in [3.8, 4) is 0 Å². The van der Waals surface area contributed by atoms with E-state index in [1.165, 1.54) is 0 Å². The Balaban J connectivity index is 1.88. The van der Waals surface area contributed by atoms with Crippen LogP contribution in [-0.4, -0.2) is 18.4 Å². The molecule has 0 unspecified atom stereocenters. The second kappa shape index (κ2) is 5.07. The summed E-state index contributed by atoms with van der Waals surface area (Å²) in [6.45, 7) is 0.141. The Morgan fingerprint density at radius 1 is 1.10 bits per heavy atom. The summed E-state index contributed by atoms with van der Waals surface area (Å²) in [6, 6.07) is 12.7. The minimum atomic E-state index is -3.54. The van der Waals surface area contributed by atoms with Crippen molar-refractivity contribution in [1.29, 1.82) is 0 Å². The molecule has 1 aromatic heterocycles. The lowest BCUT2D eigenvalue weighted by molar-refractivity contribution is 0.580. The average molecular weight is 287 g/mol. The lowest BCUT2D eigenvalue weighted by Gasteiger charge is -2.06. The van der Waals surface area contributed by atoms with Crippen LogP contribution in [0.2, 0.25) is 0 Å². The number of nitrogens with one attached hydrogen (secondary N) is 2. The molecule has 3 aromatic rings. The number of benzene rings is 2. The van der Waals surface area contributed by atoms with Crippen molar-refractivity contribution < 1.29 is 8.42 Å². The van der Waals surface area contributed by atoms with Crippen LogP contribution in [-0.2, 0) is 16.6 Å². The van der Waals surface area contributed by atoms with Gasteiger partial charge in [-0.05, 0) is 22.9 Å². The monoisotopic (exact) mass is 287 g/mol. The zero-order chi connectivity index (χ0) is 14.0. The third-order valence-corrected chi connectivity index (χ3v) is 4.41. The smallest absolute Gasteiger partial charge is 0.240 e. The van der Waals surface area contributed by atoms with Crippen LogP contribution in [0, 0.1) is 0 Å². The van der Waals surface area contributed by atoms with Gasteiger partial charge < -0.3 is 4.98 Å². The van der Waals surface area contributed by atoms with Gasteiger partial charge in [0, 0.05) is 12.4 Å². The molecular weight excluding hydrogens is 274 g/mol. The van der Waals surface area contributed by atoms with Crippen molar-refractivity contribution in [2.45, 2.75) is 11.4 Å². The van der Waals surface area contributed by atoms with Crippen molar-refractivity contribution in [1.82, 2.24) is 14.7 Å². The first-order valence-electron chi connectivity index (χ1n) is 6.12. The normalized spacial score (nSPS) is 11.8. The number of aromatic amines is 1. The molecule has 0 aliphatic carbocycles. The summed E-state index contributed by atoms with van der Waals surface area (Å²) in [6.07, 6.45) is 3.24. The molecule has 0 saturated carbocycles. The second-order valence-electron chi connectivity index (χ2n) is 4.37. The number of fused-ring (bicyclic) bond motifs is 1. The molecule has 0 radical (unpaired) electrons. The lowest BCUT2D eigenvalue weighted by atomic mass is 10.1. The molecule has 2 N–H and O–H groups in total. The van der Waals surface area contributed by atoms with Crippen LogP contribution >= 0.6 is 0 Å². The fourth-order valence-corrected chi connectivity index (χ4v) is 3.00. The molecule has 3 rings (SSSR count). The highest BCUT2D eigenvalue weighted by Gasteiger charge is 2.14. The topological polar surface area (TPSA) is 74.8 Å². The number of rotatable bonds is 4. The summed E-state index contributed by atoms with van der Waals surface area (Å²) in [5.41, 5.74) is 0. The fraction of sp³-hybridized carbons (Fsp3) is 0.0714. The van der Waals surface area contributed by atoms with Crippen LogP contribution in [0.5, 0.6) is 0 Å². The zero-order valence-electron chi connectivity index (χ0n) is 10.6. The van der Waals surface area contributed by atoms with Gasteiger partial charge in [-0.1, -0.05) is 30.3 Å². The van der Waals surface area contributed by atoms with Gasteiger partial charge in [0.2, 0.25) is 10.0 Å². The summed E-state index contributed by atoms with van der Waals surface area (Å²) >= 11 is 0. The van der Waals surface area contributed by atoms with E-state index >= 15 is 0 Å². The largest absolute Gasteiger partial charge is 0.347 e. The Morgan fingerprint density at radius 3 is 2.65 bits per heavy atom. The lowest BCUT2D eigenvalue weighted by Crippen LogP contribution is -2.23. The van der Waals surface area contributed by atoms with E-state index in [2.05, 4.69) is 14.7 Å². The Bertz CT molecular complexity index is 827. The minimum absolute atomic E-state index is 0.141. The number of sulfonamides is 1. The number of H-pyrrole nitrogens is 1. The third-order valence-electron chi connectivity index (χ3n) is 3.02. The summed E-state index contributed by atoms with van der Waals surface area (Å²) in [5, 5.41) is 1.91. The van der Waals surface area contributed by atoms with E-state index in [1.54, 1.807) is 30.6 Å². The van der Waals surface area contributed by atoms with Gasteiger partial charge in [-0.3, -0.25) is 0 Å². The average Bonchev–Trinajstić information content (AvgIpc) is 2.98. The van der Waals surface area contributed by atoms with Gasteiger partial charge >= 0.3 is 0 Å². The van der Waals surface area contributed by atoms with Gasteiger partial charge in [0.25, 0.3) is 0 Å². The SMILES string of the molecule is O=S(=O)(NCc1ncc[nH]1)c1ccc2ccccc2c1. The number of hydrogen-bond donors (Lipinski definition) is 2. The summed E-state index contributed by atoms with van der Waals surface area (Å²) in [4.78, 5) is 7.09. The van der Waals surface area contributed by atoms with Crippen LogP contribution in [0.3, 0.4) is 0 Å². The van der Waals surface area contributed by atoms with E-state index in [-0.39, 0.29) is 11.4 Å².